The first-order valence-electron chi connectivity index (χ1n) is 9.63. The van der Waals surface area contributed by atoms with E-state index < -0.39 is 0 Å². The van der Waals surface area contributed by atoms with Crippen LogP contribution in [-0.2, 0) is 14.4 Å². The van der Waals surface area contributed by atoms with Crippen LogP contribution in [0.5, 0.6) is 0 Å². The molecule has 1 saturated heterocycles. The number of carbonyl (C=O) groups is 3. The lowest BCUT2D eigenvalue weighted by molar-refractivity contribution is -0.140. The van der Waals surface area contributed by atoms with Gasteiger partial charge in [-0.1, -0.05) is 39.5 Å². The minimum atomic E-state index is -0.117. The third-order valence-corrected chi connectivity index (χ3v) is 6.55. The Labute approximate surface area is 144 Å². The van der Waals surface area contributed by atoms with Crippen molar-refractivity contribution in [3.8, 4) is 0 Å². The van der Waals surface area contributed by atoms with Gasteiger partial charge in [-0.3, -0.25) is 19.3 Å². The molecule has 3 aliphatic rings. The van der Waals surface area contributed by atoms with E-state index in [1.54, 1.807) is 0 Å². The van der Waals surface area contributed by atoms with Crippen molar-refractivity contribution in [3.05, 3.63) is 0 Å². The van der Waals surface area contributed by atoms with Gasteiger partial charge in [0.1, 0.15) is 0 Å². The summed E-state index contributed by atoms with van der Waals surface area (Å²) in [5.41, 5.74) is 0. The van der Waals surface area contributed by atoms with Crippen molar-refractivity contribution in [2.45, 2.75) is 71.3 Å². The molecule has 2 saturated carbocycles. The van der Waals surface area contributed by atoms with Crippen LogP contribution < -0.4 is 5.32 Å². The SMILES string of the molecule is C[C@@H]1[C@H](C)CCC[C@@H]1NC(=O)CCN1C(=O)[C@H]2CCCC[C@H]2C1=O. The van der Waals surface area contributed by atoms with E-state index in [1.807, 2.05) is 0 Å². The predicted molar refractivity (Wildman–Crippen MR) is 90.9 cm³/mol. The Balaban J connectivity index is 1.51. The predicted octanol–water partition coefficient (Wildman–Crippen LogP) is 2.49. The van der Waals surface area contributed by atoms with Crippen LogP contribution in [0.4, 0.5) is 0 Å². The Morgan fingerprint density at radius 2 is 1.62 bits per heavy atom. The summed E-state index contributed by atoms with van der Waals surface area (Å²) in [5.74, 6) is 0.766. The second-order valence-electron chi connectivity index (χ2n) is 8.02. The third kappa shape index (κ3) is 3.35. The standard InChI is InChI=1S/C19H30N2O3/c1-12-6-5-9-16(13(12)2)20-17(22)10-11-21-18(23)14-7-3-4-8-15(14)19(21)24/h12-16H,3-11H2,1-2H3,(H,20,22)/t12-,13-,14-,15+,16+/m1/s1. The van der Waals surface area contributed by atoms with Crippen molar-refractivity contribution in [1.82, 2.24) is 10.2 Å². The number of hydrogen-bond donors (Lipinski definition) is 1. The maximum absolute atomic E-state index is 12.4. The highest BCUT2D eigenvalue weighted by molar-refractivity contribution is 6.05. The first-order valence-corrected chi connectivity index (χ1v) is 9.63. The minimum absolute atomic E-state index is 0.0311. The highest BCUT2D eigenvalue weighted by Crippen LogP contribution is 2.38. The van der Waals surface area contributed by atoms with Crippen molar-refractivity contribution >= 4 is 17.7 Å². The zero-order valence-electron chi connectivity index (χ0n) is 14.9. The van der Waals surface area contributed by atoms with Crippen LogP contribution in [0.25, 0.3) is 0 Å². The molecule has 1 aliphatic heterocycles. The van der Waals surface area contributed by atoms with Crippen LogP contribution >= 0.6 is 0 Å². The van der Waals surface area contributed by atoms with Gasteiger partial charge in [-0.15, -0.1) is 0 Å². The summed E-state index contributed by atoms with van der Waals surface area (Å²) in [5, 5.41) is 3.13. The number of nitrogens with zero attached hydrogens (tertiary/aromatic N) is 1. The lowest BCUT2D eigenvalue weighted by Gasteiger charge is -2.34. The van der Waals surface area contributed by atoms with Gasteiger partial charge in [0.05, 0.1) is 11.8 Å². The third-order valence-electron chi connectivity index (χ3n) is 6.55. The number of imide groups is 1. The van der Waals surface area contributed by atoms with Crippen molar-refractivity contribution in [2.24, 2.45) is 23.7 Å². The van der Waals surface area contributed by atoms with Gasteiger partial charge in [0.25, 0.3) is 0 Å². The zero-order chi connectivity index (χ0) is 17.3. The summed E-state index contributed by atoms with van der Waals surface area (Å²) in [6, 6.07) is 0.230. The Morgan fingerprint density at radius 3 is 2.25 bits per heavy atom. The quantitative estimate of drug-likeness (QED) is 0.803. The van der Waals surface area contributed by atoms with E-state index in [4.69, 9.17) is 0 Å². The fourth-order valence-electron chi connectivity index (χ4n) is 4.73. The van der Waals surface area contributed by atoms with Crippen LogP contribution in [0.3, 0.4) is 0 Å². The summed E-state index contributed by atoms with van der Waals surface area (Å²) >= 11 is 0. The molecule has 5 atom stereocenters. The molecule has 0 spiro atoms. The molecule has 0 unspecified atom stereocenters. The average molecular weight is 334 g/mol. The van der Waals surface area contributed by atoms with Crippen molar-refractivity contribution < 1.29 is 14.4 Å². The van der Waals surface area contributed by atoms with Gasteiger partial charge < -0.3 is 5.32 Å². The maximum atomic E-state index is 12.4. The molecule has 0 aromatic carbocycles. The molecule has 1 N–H and O–H groups in total. The fourth-order valence-corrected chi connectivity index (χ4v) is 4.73. The molecule has 0 aromatic rings. The van der Waals surface area contributed by atoms with E-state index in [-0.39, 0.29) is 48.6 Å². The average Bonchev–Trinajstić information content (AvgIpc) is 2.82. The molecular weight excluding hydrogens is 304 g/mol. The van der Waals surface area contributed by atoms with Crippen LogP contribution in [0.1, 0.15) is 65.2 Å². The maximum Gasteiger partial charge on any atom is 0.233 e. The second kappa shape index (κ2) is 7.24. The Hall–Kier alpha value is -1.39. The summed E-state index contributed by atoms with van der Waals surface area (Å²) in [4.78, 5) is 38.5. The van der Waals surface area contributed by atoms with Crippen molar-refractivity contribution in [2.75, 3.05) is 6.54 Å². The molecule has 0 radical (unpaired) electrons. The largest absolute Gasteiger partial charge is 0.353 e. The molecule has 0 bridgehead atoms. The van der Waals surface area contributed by atoms with E-state index in [2.05, 4.69) is 19.2 Å². The van der Waals surface area contributed by atoms with Crippen LogP contribution in [0.15, 0.2) is 0 Å². The van der Waals surface area contributed by atoms with Crippen LogP contribution in [0, 0.1) is 23.7 Å². The summed E-state index contributed by atoms with van der Waals surface area (Å²) in [6.07, 6.45) is 7.37. The lowest BCUT2D eigenvalue weighted by Crippen LogP contribution is -2.45. The Morgan fingerprint density at radius 1 is 1.00 bits per heavy atom. The van der Waals surface area contributed by atoms with Crippen LogP contribution in [0.2, 0.25) is 0 Å². The summed E-state index contributed by atoms with van der Waals surface area (Å²) in [7, 11) is 0. The fraction of sp³-hybridized carbons (Fsp3) is 0.842. The van der Waals surface area contributed by atoms with Gasteiger partial charge in [-0.05, 0) is 31.1 Å². The van der Waals surface area contributed by atoms with Crippen molar-refractivity contribution in [3.63, 3.8) is 0 Å². The van der Waals surface area contributed by atoms with Gasteiger partial charge in [0.15, 0.2) is 0 Å². The van der Waals surface area contributed by atoms with Crippen molar-refractivity contribution in [1.29, 1.82) is 0 Å². The number of nitrogens with one attached hydrogen (secondary N) is 1. The number of amides is 3. The molecule has 3 rings (SSSR count). The molecule has 0 aromatic heterocycles. The zero-order valence-corrected chi connectivity index (χ0v) is 14.9. The summed E-state index contributed by atoms with van der Waals surface area (Å²) in [6.45, 7) is 4.69. The molecule has 3 fully saturated rings. The first kappa shape index (κ1) is 17.4. The molecule has 5 heteroatoms. The highest BCUT2D eigenvalue weighted by atomic mass is 16.2. The first-order chi connectivity index (χ1) is 11.5. The number of carbonyl (C=O) groups excluding carboxylic acids is 3. The van der Waals surface area contributed by atoms with E-state index in [0.717, 1.165) is 38.5 Å². The molecule has 1 heterocycles. The number of hydrogen-bond acceptors (Lipinski definition) is 3. The molecule has 134 valence electrons. The monoisotopic (exact) mass is 334 g/mol. The van der Waals surface area contributed by atoms with Gasteiger partial charge in [-0.25, -0.2) is 0 Å². The van der Waals surface area contributed by atoms with E-state index >= 15 is 0 Å². The van der Waals surface area contributed by atoms with Crippen LogP contribution in [-0.4, -0.2) is 35.2 Å². The Kier molecular flexibility index (Phi) is 5.26. The molecule has 3 amide bonds. The van der Waals surface area contributed by atoms with Gasteiger partial charge in [0, 0.05) is 19.0 Å². The van der Waals surface area contributed by atoms with Gasteiger partial charge in [-0.2, -0.15) is 0 Å². The Bertz CT molecular complexity index is 495. The highest BCUT2D eigenvalue weighted by Gasteiger charge is 2.47. The lowest BCUT2D eigenvalue weighted by atomic mass is 9.78. The van der Waals surface area contributed by atoms with Gasteiger partial charge >= 0.3 is 0 Å². The van der Waals surface area contributed by atoms with E-state index in [0.29, 0.717) is 11.8 Å². The normalized spacial score (nSPS) is 36.6. The van der Waals surface area contributed by atoms with E-state index in [9.17, 15) is 14.4 Å². The molecule has 2 aliphatic carbocycles. The molecule has 24 heavy (non-hydrogen) atoms. The number of likely N-dealkylation sites (tertiary alicyclic amines) is 1. The second-order valence-corrected chi connectivity index (χ2v) is 8.02. The summed E-state index contributed by atoms with van der Waals surface area (Å²) < 4.78 is 0. The molecule has 5 nitrogen and oxygen atoms in total. The number of rotatable bonds is 4. The smallest absolute Gasteiger partial charge is 0.233 e. The number of fused-ring (bicyclic) bond motifs is 1. The minimum Gasteiger partial charge on any atom is -0.353 e. The molecular formula is C19H30N2O3. The van der Waals surface area contributed by atoms with Gasteiger partial charge in [0.2, 0.25) is 17.7 Å². The van der Waals surface area contributed by atoms with E-state index in [1.165, 1.54) is 11.3 Å². The topological polar surface area (TPSA) is 66.5 Å².